The topological polar surface area (TPSA) is 48.4 Å². The molecule has 0 bridgehead atoms. The van der Waals surface area contributed by atoms with Crippen molar-refractivity contribution in [1.82, 2.24) is 4.98 Å². The number of esters is 1. The van der Waals surface area contributed by atoms with Crippen LogP contribution < -0.4 is 4.74 Å². The summed E-state index contributed by atoms with van der Waals surface area (Å²) in [6.07, 6.45) is 2.98. The highest BCUT2D eigenvalue weighted by atomic mass is 79.9. The summed E-state index contributed by atoms with van der Waals surface area (Å²) >= 11 is 3.38. The van der Waals surface area contributed by atoms with Crippen LogP contribution in [0.2, 0.25) is 0 Å². The molecule has 0 N–H and O–H groups in total. The second-order valence-corrected chi connectivity index (χ2v) is 4.34. The molecule has 5 heteroatoms. The van der Waals surface area contributed by atoms with E-state index in [1.165, 1.54) is 13.3 Å². The first-order valence-electron chi connectivity index (χ1n) is 5.59. The third kappa shape index (κ3) is 3.54. The molecule has 0 amide bonds. The summed E-state index contributed by atoms with van der Waals surface area (Å²) in [5.41, 5.74) is 1.52. The zero-order valence-electron chi connectivity index (χ0n) is 10.3. The Bertz CT molecular complexity index is 569. The molecule has 0 spiro atoms. The Morgan fingerprint density at radius 2 is 1.95 bits per heavy atom. The minimum absolute atomic E-state index is 0.358. The summed E-state index contributed by atoms with van der Waals surface area (Å²) < 4.78 is 10.3. The van der Waals surface area contributed by atoms with Gasteiger partial charge in [-0.2, -0.15) is 0 Å². The summed E-state index contributed by atoms with van der Waals surface area (Å²) in [5.74, 6) is 0.746. The van der Waals surface area contributed by atoms with Gasteiger partial charge in [0, 0.05) is 11.5 Å². The van der Waals surface area contributed by atoms with Gasteiger partial charge < -0.3 is 9.47 Å². The van der Waals surface area contributed by atoms with E-state index in [2.05, 4.69) is 25.7 Å². The van der Waals surface area contributed by atoms with E-state index in [1.54, 1.807) is 12.3 Å². The molecule has 0 saturated carbocycles. The molecule has 0 aliphatic rings. The number of ether oxygens (including phenoxy) is 2. The van der Waals surface area contributed by atoms with Gasteiger partial charge in [0.1, 0.15) is 11.5 Å². The Morgan fingerprint density at radius 1 is 1.21 bits per heavy atom. The monoisotopic (exact) mass is 321 g/mol. The Hall–Kier alpha value is -1.88. The molecule has 0 radical (unpaired) electrons. The molecule has 1 aromatic carbocycles. The predicted molar refractivity (Wildman–Crippen MR) is 74.7 cm³/mol. The first-order valence-corrected chi connectivity index (χ1v) is 6.71. The van der Waals surface area contributed by atoms with Gasteiger partial charge in [0.05, 0.1) is 18.9 Å². The average Bonchev–Trinajstić information content (AvgIpc) is 2.47. The summed E-state index contributed by atoms with van der Waals surface area (Å²) in [6.45, 7) is 0. The lowest BCUT2D eigenvalue weighted by Crippen LogP contribution is -2.01. The van der Waals surface area contributed by atoms with E-state index < -0.39 is 5.97 Å². The van der Waals surface area contributed by atoms with Crippen LogP contribution in [0.1, 0.15) is 15.9 Å². The Labute approximate surface area is 119 Å². The van der Waals surface area contributed by atoms with Crippen LogP contribution in [-0.4, -0.2) is 18.1 Å². The lowest BCUT2D eigenvalue weighted by atomic mass is 10.2. The standard InChI is InChI=1S/C14H12BrNO3/c1-18-14(17)11-6-13(9-16-8-11)19-12-4-2-10(7-15)3-5-12/h2-6,8-9H,7H2,1H3. The molecule has 0 saturated heterocycles. The number of aromatic nitrogens is 1. The largest absolute Gasteiger partial charge is 0.465 e. The van der Waals surface area contributed by atoms with Crippen LogP contribution in [0.5, 0.6) is 11.5 Å². The second kappa shape index (κ2) is 6.33. The number of nitrogens with zero attached hydrogens (tertiary/aromatic N) is 1. The molecule has 4 nitrogen and oxygen atoms in total. The number of pyridine rings is 1. The quantitative estimate of drug-likeness (QED) is 0.638. The lowest BCUT2D eigenvalue weighted by Gasteiger charge is -2.07. The van der Waals surface area contributed by atoms with Gasteiger partial charge in [-0.05, 0) is 23.8 Å². The fourth-order valence-electron chi connectivity index (χ4n) is 1.49. The van der Waals surface area contributed by atoms with Crippen molar-refractivity contribution < 1.29 is 14.3 Å². The first-order chi connectivity index (χ1) is 9.22. The molecule has 1 aromatic heterocycles. The fourth-order valence-corrected chi connectivity index (χ4v) is 1.86. The van der Waals surface area contributed by atoms with Crippen molar-refractivity contribution in [2.45, 2.75) is 5.33 Å². The Morgan fingerprint density at radius 3 is 2.58 bits per heavy atom. The lowest BCUT2D eigenvalue weighted by molar-refractivity contribution is 0.0600. The van der Waals surface area contributed by atoms with Crippen molar-refractivity contribution >= 4 is 21.9 Å². The van der Waals surface area contributed by atoms with Crippen molar-refractivity contribution in [3.05, 3.63) is 53.9 Å². The molecular weight excluding hydrogens is 310 g/mol. The maximum atomic E-state index is 11.4. The zero-order valence-corrected chi connectivity index (χ0v) is 11.9. The van der Waals surface area contributed by atoms with Crippen LogP contribution in [-0.2, 0) is 10.1 Å². The molecule has 98 valence electrons. The van der Waals surface area contributed by atoms with Gasteiger partial charge in [-0.3, -0.25) is 4.98 Å². The number of carbonyl (C=O) groups is 1. The van der Waals surface area contributed by atoms with Gasteiger partial charge in [0.15, 0.2) is 0 Å². The molecular formula is C14H12BrNO3. The van der Waals surface area contributed by atoms with Crippen molar-refractivity contribution in [3.8, 4) is 11.5 Å². The van der Waals surface area contributed by atoms with Crippen molar-refractivity contribution in [2.24, 2.45) is 0 Å². The fraction of sp³-hybridized carbons (Fsp3) is 0.143. The molecule has 0 unspecified atom stereocenters. The van der Waals surface area contributed by atoms with E-state index in [4.69, 9.17) is 4.74 Å². The maximum Gasteiger partial charge on any atom is 0.339 e. The van der Waals surface area contributed by atoms with Crippen LogP contribution in [0, 0.1) is 0 Å². The highest BCUT2D eigenvalue weighted by Crippen LogP contribution is 2.22. The van der Waals surface area contributed by atoms with E-state index in [0.717, 1.165) is 10.9 Å². The van der Waals surface area contributed by atoms with Crippen molar-refractivity contribution in [3.63, 3.8) is 0 Å². The average molecular weight is 322 g/mol. The Balaban J connectivity index is 2.16. The number of hydrogen-bond donors (Lipinski definition) is 0. The number of alkyl halides is 1. The number of halogens is 1. The maximum absolute atomic E-state index is 11.4. The van der Waals surface area contributed by atoms with Crippen LogP contribution in [0.3, 0.4) is 0 Å². The summed E-state index contributed by atoms with van der Waals surface area (Å²) in [7, 11) is 1.33. The third-order valence-corrected chi connectivity index (χ3v) is 3.10. The number of rotatable bonds is 4. The minimum atomic E-state index is -0.437. The summed E-state index contributed by atoms with van der Waals surface area (Å²) in [4.78, 5) is 15.3. The van der Waals surface area contributed by atoms with Crippen molar-refractivity contribution in [2.75, 3.05) is 7.11 Å². The van der Waals surface area contributed by atoms with E-state index in [0.29, 0.717) is 17.1 Å². The van der Waals surface area contributed by atoms with Crippen LogP contribution >= 0.6 is 15.9 Å². The predicted octanol–water partition coefficient (Wildman–Crippen LogP) is 3.56. The highest BCUT2D eigenvalue weighted by Gasteiger charge is 2.07. The van der Waals surface area contributed by atoms with E-state index in [-0.39, 0.29) is 0 Å². The van der Waals surface area contributed by atoms with Gasteiger partial charge in [-0.15, -0.1) is 0 Å². The first kappa shape index (κ1) is 13.5. The molecule has 0 fully saturated rings. The van der Waals surface area contributed by atoms with E-state index in [1.807, 2.05) is 24.3 Å². The third-order valence-electron chi connectivity index (χ3n) is 2.45. The van der Waals surface area contributed by atoms with Crippen molar-refractivity contribution in [1.29, 1.82) is 0 Å². The van der Waals surface area contributed by atoms with Crippen LogP contribution in [0.15, 0.2) is 42.7 Å². The number of carbonyl (C=O) groups excluding carboxylic acids is 1. The Kier molecular flexibility index (Phi) is 4.52. The SMILES string of the molecule is COC(=O)c1cncc(Oc2ccc(CBr)cc2)c1. The van der Waals surface area contributed by atoms with Crippen LogP contribution in [0.4, 0.5) is 0 Å². The highest BCUT2D eigenvalue weighted by molar-refractivity contribution is 9.08. The second-order valence-electron chi connectivity index (χ2n) is 3.78. The number of benzene rings is 1. The van der Waals surface area contributed by atoms with Gasteiger partial charge in [0.25, 0.3) is 0 Å². The van der Waals surface area contributed by atoms with Gasteiger partial charge in [-0.25, -0.2) is 4.79 Å². The molecule has 2 rings (SSSR count). The molecule has 1 heterocycles. The van der Waals surface area contributed by atoms with Gasteiger partial charge in [-0.1, -0.05) is 28.1 Å². The molecule has 19 heavy (non-hydrogen) atoms. The summed E-state index contributed by atoms with van der Waals surface area (Å²) in [5, 5.41) is 0.798. The van der Waals surface area contributed by atoms with Gasteiger partial charge in [0.2, 0.25) is 0 Å². The smallest absolute Gasteiger partial charge is 0.339 e. The minimum Gasteiger partial charge on any atom is -0.465 e. The summed E-state index contributed by atoms with van der Waals surface area (Å²) in [6, 6.07) is 9.24. The van der Waals surface area contributed by atoms with Gasteiger partial charge >= 0.3 is 5.97 Å². The normalized spacial score (nSPS) is 10.0. The molecule has 0 aliphatic heterocycles. The number of methoxy groups -OCH3 is 1. The number of hydrogen-bond acceptors (Lipinski definition) is 4. The zero-order chi connectivity index (χ0) is 13.7. The van der Waals surface area contributed by atoms with E-state index in [9.17, 15) is 4.79 Å². The molecule has 0 aliphatic carbocycles. The molecule has 2 aromatic rings. The van der Waals surface area contributed by atoms with Crippen LogP contribution in [0.25, 0.3) is 0 Å². The molecule has 0 atom stereocenters. The van der Waals surface area contributed by atoms with E-state index >= 15 is 0 Å².